The molecule has 9 nitrogen and oxygen atoms in total. The molecule has 0 bridgehead atoms. The zero-order valence-corrected chi connectivity index (χ0v) is 13.4. The van der Waals surface area contributed by atoms with Gasteiger partial charge in [0.2, 0.25) is 0 Å². The van der Waals surface area contributed by atoms with Crippen LogP contribution in [0, 0.1) is 0 Å². The first-order valence-corrected chi connectivity index (χ1v) is 7.16. The largest absolute Gasteiger partial charge is 0.496 e. The van der Waals surface area contributed by atoms with Crippen molar-refractivity contribution < 1.29 is 24.2 Å². The second kappa shape index (κ2) is 5.64. The molecule has 25 heavy (non-hydrogen) atoms. The number of carboxylic acids is 1. The summed E-state index contributed by atoms with van der Waals surface area (Å²) in [4.78, 5) is 47.2. The van der Waals surface area contributed by atoms with Crippen molar-refractivity contribution in [2.24, 2.45) is 0 Å². The molecule has 0 spiro atoms. The van der Waals surface area contributed by atoms with Crippen molar-refractivity contribution >= 4 is 35.2 Å². The number of halogens is 1. The monoisotopic (exact) mass is 363 g/mol. The van der Waals surface area contributed by atoms with Crippen molar-refractivity contribution in [1.29, 1.82) is 0 Å². The molecule has 0 saturated heterocycles. The summed E-state index contributed by atoms with van der Waals surface area (Å²) in [5.41, 5.74) is 4.72. The lowest BCUT2D eigenvalue weighted by atomic mass is 10.1. The molecule has 0 unspecified atom stereocenters. The Labute approximate surface area is 144 Å². The molecule has 0 atom stereocenters. The number of hydrogen-bond acceptors (Lipinski definition) is 6. The Kier molecular flexibility index (Phi) is 3.73. The number of carbonyl (C=O) groups excluding carboxylic acids is 2. The van der Waals surface area contributed by atoms with Gasteiger partial charge in [-0.15, -0.1) is 0 Å². The van der Waals surface area contributed by atoms with E-state index in [1.54, 1.807) is 0 Å². The highest BCUT2D eigenvalue weighted by molar-refractivity contribution is 6.33. The predicted octanol–water partition coefficient (Wildman–Crippen LogP) is 0.664. The smallest absolute Gasteiger partial charge is 0.339 e. The van der Waals surface area contributed by atoms with E-state index in [9.17, 15) is 19.2 Å². The van der Waals surface area contributed by atoms with Gasteiger partial charge in [-0.25, -0.2) is 4.79 Å². The van der Waals surface area contributed by atoms with Crippen molar-refractivity contribution in [3.8, 4) is 11.4 Å². The number of nitrogens with one attached hydrogen (secondary N) is 1. The number of fused-ring (bicyclic) bond motifs is 1. The first kappa shape index (κ1) is 16.5. The fourth-order valence-electron chi connectivity index (χ4n) is 2.58. The number of carbonyl (C=O) groups is 3. The highest BCUT2D eigenvalue weighted by atomic mass is 35.5. The van der Waals surface area contributed by atoms with Crippen molar-refractivity contribution in [2.75, 3.05) is 12.8 Å². The van der Waals surface area contributed by atoms with E-state index in [-0.39, 0.29) is 39.0 Å². The molecule has 1 aliphatic heterocycles. The number of anilines is 1. The van der Waals surface area contributed by atoms with Gasteiger partial charge in [-0.1, -0.05) is 11.6 Å². The molecule has 1 aromatic carbocycles. The highest BCUT2D eigenvalue weighted by Gasteiger charge is 2.32. The highest BCUT2D eigenvalue weighted by Crippen LogP contribution is 2.32. The van der Waals surface area contributed by atoms with Crippen LogP contribution in [-0.4, -0.2) is 34.6 Å². The van der Waals surface area contributed by atoms with E-state index < -0.39 is 23.3 Å². The second-order valence-electron chi connectivity index (χ2n) is 5.08. The van der Waals surface area contributed by atoms with Crippen LogP contribution in [0.4, 0.5) is 5.82 Å². The number of benzene rings is 1. The molecule has 0 saturated carbocycles. The third kappa shape index (κ3) is 2.41. The number of ether oxygens (including phenoxy) is 1. The van der Waals surface area contributed by atoms with E-state index in [1.165, 1.54) is 13.2 Å². The Morgan fingerprint density at radius 1 is 1.24 bits per heavy atom. The average Bonchev–Trinajstić information content (AvgIpc) is 2.82. The summed E-state index contributed by atoms with van der Waals surface area (Å²) >= 11 is 6.10. The van der Waals surface area contributed by atoms with E-state index in [4.69, 9.17) is 27.2 Å². The minimum Gasteiger partial charge on any atom is -0.496 e. The van der Waals surface area contributed by atoms with Gasteiger partial charge in [0, 0.05) is 12.1 Å². The fraction of sp³-hybridized carbons (Fsp3) is 0.0667. The van der Waals surface area contributed by atoms with Crippen LogP contribution in [0.25, 0.3) is 5.69 Å². The predicted molar refractivity (Wildman–Crippen MR) is 86.8 cm³/mol. The average molecular weight is 364 g/mol. The van der Waals surface area contributed by atoms with Crippen LogP contribution in [0.1, 0.15) is 31.1 Å². The normalized spacial score (nSPS) is 12.7. The van der Waals surface area contributed by atoms with E-state index in [0.29, 0.717) is 0 Å². The van der Waals surface area contributed by atoms with Crippen LogP contribution >= 0.6 is 11.6 Å². The van der Waals surface area contributed by atoms with Crippen molar-refractivity contribution in [2.45, 2.75) is 0 Å². The number of methoxy groups -OCH3 is 1. The molecule has 2 aromatic rings. The summed E-state index contributed by atoms with van der Waals surface area (Å²) in [6.07, 6.45) is 0. The Bertz CT molecular complexity index is 1030. The minimum absolute atomic E-state index is 0.0148. The van der Waals surface area contributed by atoms with Gasteiger partial charge in [0.15, 0.2) is 0 Å². The number of nitrogens with zero attached hydrogens (tertiary/aromatic N) is 1. The number of pyridine rings is 1. The van der Waals surface area contributed by atoms with Crippen LogP contribution in [0.15, 0.2) is 23.0 Å². The van der Waals surface area contributed by atoms with Gasteiger partial charge < -0.3 is 15.6 Å². The first-order chi connectivity index (χ1) is 11.8. The van der Waals surface area contributed by atoms with Crippen LogP contribution in [0.3, 0.4) is 0 Å². The summed E-state index contributed by atoms with van der Waals surface area (Å²) in [6, 6.07) is 3.27. The molecule has 10 heteroatoms. The third-order valence-corrected chi connectivity index (χ3v) is 4.00. The van der Waals surface area contributed by atoms with E-state index in [2.05, 4.69) is 0 Å². The molecule has 128 valence electrons. The van der Waals surface area contributed by atoms with Gasteiger partial charge >= 0.3 is 5.97 Å². The van der Waals surface area contributed by atoms with E-state index in [1.807, 2.05) is 5.32 Å². The van der Waals surface area contributed by atoms with Gasteiger partial charge in [-0.3, -0.25) is 24.3 Å². The Hall–Kier alpha value is -3.33. The molecule has 3 rings (SSSR count). The summed E-state index contributed by atoms with van der Waals surface area (Å²) < 4.78 is 5.92. The standard InChI is InChI=1S/C15H10ClN3O6/c1-25-9-4-8(7(16)2-5(9)15(23)24)19-10(20)3-6-11(12(19)17)14(22)18-13(6)21/h2-4H,17H2,1H3,(H,23,24)(H,18,21,22). The molecular formula is C15H10ClN3O6. The minimum atomic E-state index is -1.27. The maximum absolute atomic E-state index is 12.4. The molecule has 0 fully saturated rings. The first-order valence-electron chi connectivity index (χ1n) is 6.78. The van der Waals surface area contributed by atoms with Crippen molar-refractivity contribution in [3.63, 3.8) is 0 Å². The van der Waals surface area contributed by atoms with E-state index >= 15 is 0 Å². The molecule has 0 aliphatic carbocycles. The number of amides is 2. The fourth-order valence-corrected chi connectivity index (χ4v) is 2.83. The number of nitrogens with two attached hydrogens (primary N) is 1. The Morgan fingerprint density at radius 2 is 1.92 bits per heavy atom. The number of hydrogen-bond donors (Lipinski definition) is 3. The van der Waals surface area contributed by atoms with Gasteiger partial charge in [0.05, 0.1) is 28.9 Å². The molecule has 2 heterocycles. The SMILES string of the molecule is COc1cc(-n2c(N)c3c(cc2=O)C(=O)NC3=O)c(Cl)cc1C(=O)O. The maximum atomic E-state index is 12.4. The summed E-state index contributed by atoms with van der Waals surface area (Å²) in [5.74, 6) is -3.08. The van der Waals surface area contributed by atoms with Crippen LogP contribution in [-0.2, 0) is 0 Å². The molecule has 1 aliphatic rings. The Balaban J connectivity index is 2.34. The number of carboxylic acid groups (broad SMARTS) is 1. The molecular weight excluding hydrogens is 354 g/mol. The lowest BCUT2D eigenvalue weighted by molar-refractivity contribution is 0.0692. The van der Waals surface area contributed by atoms with Crippen molar-refractivity contribution in [3.05, 3.63) is 50.3 Å². The summed E-state index contributed by atoms with van der Waals surface area (Å²) in [6.45, 7) is 0. The molecule has 4 N–H and O–H groups in total. The van der Waals surface area contributed by atoms with Crippen molar-refractivity contribution in [1.82, 2.24) is 9.88 Å². The molecule has 0 radical (unpaired) electrons. The summed E-state index contributed by atoms with van der Waals surface area (Å²) in [7, 11) is 1.25. The van der Waals surface area contributed by atoms with Crippen LogP contribution < -0.4 is 21.3 Å². The topological polar surface area (TPSA) is 141 Å². The zero-order chi connectivity index (χ0) is 18.5. The number of aromatic nitrogens is 1. The van der Waals surface area contributed by atoms with E-state index in [0.717, 1.165) is 16.7 Å². The van der Waals surface area contributed by atoms with Crippen LogP contribution in [0.2, 0.25) is 5.02 Å². The summed E-state index contributed by atoms with van der Waals surface area (Å²) in [5, 5.41) is 11.1. The lowest BCUT2D eigenvalue weighted by Crippen LogP contribution is -2.24. The van der Waals surface area contributed by atoms with Gasteiger partial charge in [0.1, 0.15) is 17.1 Å². The molecule has 2 amide bonds. The zero-order valence-electron chi connectivity index (χ0n) is 12.6. The number of aromatic carboxylic acids is 1. The van der Waals surface area contributed by atoms with Crippen LogP contribution in [0.5, 0.6) is 5.75 Å². The number of rotatable bonds is 3. The lowest BCUT2D eigenvalue weighted by Gasteiger charge is -2.15. The quantitative estimate of drug-likeness (QED) is 0.680. The second-order valence-corrected chi connectivity index (χ2v) is 5.49. The third-order valence-electron chi connectivity index (χ3n) is 3.69. The maximum Gasteiger partial charge on any atom is 0.339 e. The van der Waals surface area contributed by atoms with Gasteiger partial charge in [-0.05, 0) is 6.07 Å². The van der Waals surface area contributed by atoms with Gasteiger partial charge in [0.25, 0.3) is 17.4 Å². The van der Waals surface area contributed by atoms with Gasteiger partial charge in [-0.2, -0.15) is 0 Å². The number of imide groups is 1. The Morgan fingerprint density at radius 3 is 2.52 bits per heavy atom. The molecule has 1 aromatic heterocycles. The number of nitrogen functional groups attached to an aromatic ring is 1.